The van der Waals surface area contributed by atoms with Crippen LogP contribution in [0.1, 0.15) is 27.2 Å². The molecule has 0 spiro atoms. The number of amides is 1. The third kappa shape index (κ3) is 1.36. The Bertz CT molecular complexity index is 292. The lowest BCUT2D eigenvalue weighted by atomic mass is 10.0. The quantitative estimate of drug-likeness (QED) is 0.569. The van der Waals surface area contributed by atoms with Crippen molar-refractivity contribution >= 4 is 5.91 Å². The van der Waals surface area contributed by atoms with Crippen molar-refractivity contribution in [2.75, 3.05) is 13.2 Å². The highest BCUT2D eigenvalue weighted by molar-refractivity contribution is 5.81. The molecule has 0 bridgehead atoms. The first-order valence-corrected chi connectivity index (χ1v) is 5.02. The van der Waals surface area contributed by atoms with E-state index < -0.39 is 0 Å². The average Bonchev–Trinajstić information content (AvgIpc) is 2.50. The van der Waals surface area contributed by atoms with Crippen LogP contribution >= 0.6 is 0 Å². The van der Waals surface area contributed by atoms with Crippen molar-refractivity contribution in [3.8, 4) is 0 Å². The molecule has 2 rings (SSSR count). The van der Waals surface area contributed by atoms with E-state index in [9.17, 15) is 4.79 Å². The predicted octanol–water partition coefficient (Wildman–Crippen LogP) is 0.326. The number of hydrogen-bond donors (Lipinski definition) is 1. The predicted molar refractivity (Wildman–Crippen MR) is 50.6 cm³/mol. The standard InChI is InChI=1S/C9H17N4O/c1-9(2,3)12-6-11-13-7(8(12)14)4-5-10-13/h7H,4-6H2,1-3H3,(H,10,11)/q+1. The summed E-state index contributed by atoms with van der Waals surface area (Å²) in [6.45, 7) is 7.43. The monoisotopic (exact) mass is 197 g/mol. The van der Waals surface area contributed by atoms with Crippen LogP contribution in [0.4, 0.5) is 0 Å². The molecule has 0 saturated carbocycles. The Morgan fingerprint density at radius 3 is 2.93 bits per heavy atom. The molecule has 14 heavy (non-hydrogen) atoms. The Labute approximate surface area is 83.7 Å². The number of nitrogens with one attached hydrogen (secondary N) is 1. The minimum atomic E-state index is -0.130. The molecule has 0 aliphatic carbocycles. The van der Waals surface area contributed by atoms with Crippen molar-refractivity contribution in [2.45, 2.75) is 38.8 Å². The summed E-state index contributed by atoms with van der Waals surface area (Å²) < 4.78 is 0. The van der Waals surface area contributed by atoms with Crippen LogP contribution in [-0.4, -0.2) is 40.4 Å². The van der Waals surface area contributed by atoms with Crippen molar-refractivity contribution in [3.63, 3.8) is 0 Å². The van der Waals surface area contributed by atoms with Gasteiger partial charge in [0.15, 0.2) is 6.67 Å². The van der Waals surface area contributed by atoms with Gasteiger partial charge in [0.1, 0.15) is 0 Å². The Hall–Kier alpha value is -1.13. The lowest BCUT2D eigenvalue weighted by molar-refractivity contribution is -0.656. The third-order valence-corrected chi connectivity index (χ3v) is 2.70. The normalized spacial score (nSPS) is 27.1. The molecular weight excluding hydrogens is 180 g/mol. The summed E-state index contributed by atoms with van der Waals surface area (Å²) in [6, 6.07) is -0.0806. The van der Waals surface area contributed by atoms with Gasteiger partial charge in [-0.15, -0.1) is 0 Å². The van der Waals surface area contributed by atoms with E-state index in [1.54, 1.807) is 4.81 Å². The van der Waals surface area contributed by atoms with Crippen molar-refractivity contribution in [1.29, 1.82) is 0 Å². The fourth-order valence-electron chi connectivity index (χ4n) is 1.85. The fourth-order valence-corrected chi connectivity index (χ4v) is 1.85. The lowest BCUT2D eigenvalue weighted by Gasteiger charge is -2.35. The molecule has 0 aromatic rings. The van der Waals surface area contributed by atoms with Crippen LogP contribution in [0, 0.1) is 0 Å². The zero-order chi connectivity index (χ0) is 10.3. The number of azo groups is 1. The summed E-state index contributed by atoms with van der Waals surface area (Å²) >= 11 is 0. The fraction of sp³-hybridized carbons (Fsp3) is 0.889. The molecule has 1 N–H and O–H groups in total. The molecule has 1 atom stereocenters. The Kier molecular flexibility index (Phi) is 1.97. The van der Waals surface area contributed by atoms with Gasteiger partial charge in [0, 0.05) is 21.9 Å². The zero-order valence-corrected chi connectivity index (χ0v) is 8.95. The van der Waals surface area contributed by atoms with Gasteiger partial charge < -0.3 is 4.90 Å². The first-order chi connectivity index (χ1) is 6.50. The summed E-state index contributed by atoms with van der Waals surface area (Å²) in [5, 5.41) is 4.32. The molecule has 1 amide bonds. The van der Waals surface area contributed by atoms with Crippen molar-refractivity contribution in [2.24, 2.45) is 5.11 Å². The van der Waals surface area contributed by atoms with E-state index in [-0.39, 0.29) is 17.5 Å². The summed E-state index contributed by atoms with van der Waals surface area (Å²) in [5.74, 6) is 0.192. The Balaban J connectivity index is 2.24. The maximum Gasteiger partial charge on any atom is 0.299 e. The van der Waals surface area contributed by atoms with Crippen LogP contribution in [0.25, 0.3) is 0 Å². The van der Waals surface area contributed by atoms with Crippen LogP contribution in [0.2, 0.25) is 0 Å². The maximum atomic E-state index is 12.0. The largest absolute Gasteiger partial charge is 0.307 e. The third-order valence-electron chi connectivity index (χ3n) is 2.70. The van der Waals surface area contributed by atoms with Crippen LogP contribution < -0.4 is 5.43 Å². The molecule has 5 nitrogen and oxygen atoms in total. The van der Waals surface area contributed by atoms with Gasteiger partial charge in [0.25, 0.3) is 11.9 Å². The van der Waals surface area contributed by atoms with Gasteiger partial charge in [-0.25, -0.2) is 0 Å². The van der Waals surface area contributed by atoms with Gasteiger partial charge in [0.2, 0.25) is 0 Å². The molecule has 0 radical (unpaired) electrons. The zero-order valence-electron chi connectivity index (χ0n) is 8.95. The van der Waals surface area contributed by atoms with E-state index >= 15 is 0 Å². The van der Waals surface area contributed by atoms with Gasteiger partial charge in [0.05, 0.1) is 6.54 Å². The highest BCUT2D eigenvalue weighted by Crippen LogP contribution is 2.21. The highest BCUT2D eigenvalue weighted by Gasteiger charge is 2.46. The van der Waals surface area contributed by atoms with Crippen LogP contribution in [0.5, 0.6) is 0 Å². The summed E-state index contributed by atoms with van der Waals surface area (Å²) in [4.78, 5) is 15.6. The van der Waals surface area contributed by atoms with Crippen LogP contribution in [0.3, 0.4) is 0 Å². The first-order valence-electron chi connectivity index (χ1n) is 5.02. The van der Waals surface area contributed by atoms with Crippen molar-refractivity contribution in [1.82, 2.24) is 10.3 Å². The maximum absolute atomic E-state index is 12.0. The number of nitrogens with zero attached hydrogens (tertiary/aromatic N) is 3. The highest BCUT2D eigenvalue weighted by atomic mass is 16.2. The summed E-state index contributed by atoms with van der Waals surface area (Å²) in [6.07, 6.45) is 0.856. The van der Waals surface area contributed by atoms with Gasteiger partial charge in [-0.2, -0.15) is 5.43 Å². The number of fused-ring (bicyclic) bond motifs is 1. The number of carbonyl (C=O) groups is 1. The second-order valence-corrected chi connectivity index (χ2v) is 4.78. The van der Waals surface area contributed by atoms with Gasteiger partial charge in [-0.05, 0) is 20.8 Å². The first kappa shape index (κ1) is 9.43. The number of hydrogen-bond acceptors (Lipinski definition) is 3. The van der Waals surface area contributed by atoms with E-state index in [0.717, 1.165) is 13.0 Å². The average molecular weight is 197 g/mol. The topological polar surface area (TPSA) is 47.7 Å². The van der Waals surface area contributed by atoms with E-state index in [1.165, 1.54) is 0 Å². The van der Waals surface area contributed by atoms with E-state index in [4.69, 9.17) is 0 Å². The molecule has 1 unspecified atom stereocenters. The molecule has 0 aromatic carbocycles. The lowest BCUT2D eigenvalue weighted by Crippen LogP contribution is -2.55. The van der Waals surface area contributed by atoms with Crippen molar-refractivity contribution < 1.29 is 9.60 Å². The molecular formula is C9H17N4O+. The van der Waals surface area contributed by atoms with Gasteiger partial charge >= 0.3 is 0 Å². The number of rotatable bonds is 0. The molecule has 1 saturated heterocycles. The minimum absolute atomic E-state index is 0.0806. The second-order valence-electron chi connectivity index (χ2n) is 4.78. The van der Waals surface area contributed by atoms with Crippen LogP contribution in [0.15, 0.2) is 5.11 Å². The molecule has 1 fully saturated rings. The Morgan fingerprint density at radius 2 is 2.29 bits per heavy atom. The van der Waals surface area contributed by atoms with E-state index in [1.807, 2.05) is 25.7 Å². The summed E-state index contributed by atoms with van der Waals surface area (Å²) in [5.41, 5.74) is 2.95. The molecule has 2 heterocycles. The van der Waals surface area contributed by atoms with Gasteiger partial charge in [-0.3, -0.25) is 4.79 Å². The SMILES string of the molecule is CC(C)(C)N1CN=[N+]2NCCC2C1=O. The number of hydrazine groups is 1. The molecule has 2 aliphatic rings. The smallest absolute Gasteiger partial charge is 0.299 e. The van der Waals surface area contributed by atoms with E-state index in [2.05, 4.69) is 10.5 Å². The molecule has 5 heteroatoms. The van der Waals surface area contributed by atoms with Crippen LogP contribution in [-0.2, 0) is 4.79 Å². The van der Waals surface area contributed by atoms with E-state index in [0.29, 0.717) is 6.67 Å². The molecule has 2 aliphatic heterocycles. The Morgan fingerprint density at radius 1 is 1.57 bits per heavy atom. The van der Waals surface area contributed by atoms with Gasteiger partial charge in [-0.1, -0.05) is 0 Å². The summed E-state index contributed by atoms with van der Waals surface area (Å²) in [7, 11) is 0. The second kappa shape index (κ2) is 2.93. The molecule has 78 valence electrons. The molecule has 0 aromatic heterocycles. The number of carbonyl (C=O) groups excluding carboxylic acids is 1. The minimum Gasteiger partial charge on any atom is -0.307 e. The van der Waals surface area contributed by atoms with Crippen molar-refractivity contribution in [3.05, 3.63) is 0 Å².